The van der Waals surface area contributed by atoms with Crippen LogP contribution in [0.5, 0.6) is 5.75 Å². The summed E-state index contributed by atoms with van der Waals surface area (Å²) in [6.07, 6.45) is 0.916. The highest BCUT2D eigenvalue weighted by Crippen LogP contribution is 2.23. The zero-order valence-electron chi connectivity index (χ0n) is 15.7. The molecule has 0 bridgehead atoms. The molecule has 142 valence electrons. The molecular formula is C21H25N3O3. The number of nitrogens with zero attached hydrogens (tertiary/aromatic N) is 1. The molecule has 27 heavy (non-hydrogen) atoms. The first-order chi connectivity index (χ1) is 13.1. The third-order valence-corrected chi connectivity index (χ3v) is 4.62. The SMILES string of the molecule is CCNC(=O)c1cccc(NC(=O)CN2CCc3ccc(OC)cc3C2)c1. The van der Waals surface area contributed by atoms with Gasteiger partial charge in [0.15, 0.2) is 0 Å². The highest BCUT2D eigenvalue weighted by atomic mass is 16.5. The van der Waals surface area contributed by atoms with Crippen LogP contribution in [0.2, 0.25) is 0 Å². The van der Waals surface area contributed by atoms with Crippen LogP contribution in [0.25, 0.3) is 0 Å². The molecule has 6 nitrogen and oxygen atoms in total. The molecule has 0 saturated heterocycles. The van der Waals surface area contributed by atoms with Crippen LogP contribution in [0.15, 0.2) is 42.5 Å². The molecule has 2 amide bonds. The van der Waals surface area contributed by atoms with Crippen LogP contribution >= 0.6 is 0 Å². The number of rotatable bonds is 6. The first kappa shape index (κ1) is 18.9. The Labute approximate surface area is 159 Å². The highest BCUT2D eigenvalue weighted by molar-refractivity contribution is 5.97. The number of methoxy groups -OCH3 is 1. The molecule has 0 radical (unpaired) electrons. The van der Waals surface area contributed by atoms with Crippen molar-refractivity contribution < 1.29 is 14.3 Å². The van der Waals surface area contributed by atoms with Crippen molar-refractivity contribution in [2.75, 3.05) is 32.1 Å². The van der Waals surface area contributed by atoms with E-state index in [0.29, 0.717) is 24.3 Å². The molecule has 2 aromatic carbocycles. The quantitative estimate of drug-likeness (QED) is 0.823. The topological polar surface area (TPSA) is 70.7 Å². The maximum atomic E-state index is 12.4. The number of hydrogen-bond acceptors (Lipinski definition) is 4. The Morgan fingerprint density at radius 2 is 2.00 bits per heavy atom. The lowest BCUT2D eigenvalue weighted by molar-refractivity contribution is -0.117. The molecule has 1 aliphatic rings. The smallest absolute Gasteiger partial charge is 0.251 e. The zero-order chi connectivity index (χ0) is 19.2. The molecule has 0 atom stereocenters. The number of nitrogens with one attached hydrogen (secondary N) is 2. The van der Waals surface area contributed by atoms with E-state index in [1.165, 1.54) is 11.1 Å². The summed E-state index contributed by atoms with van der Waals surface area (Å²) in [7, 11) is 1.66. The van der Waals surface area contributed by atoms with Crippen LogP contribution in [0.4, 0.5) is 5.69 Å². The van der Waals surface area contributed by atoms with E-state index < -0.39 is 0 Å². The summed E-state index contributed by atoms with van der Waals surface area (Å²) in [4.78, 5) is 26.5. The molecule has 0 spiro atoms. The minimum Gasteiger partial charge on any atom is -0.497 e. The molecule has 2 N–H and O–H groups in total. The monoisotopic (exact) mass is 367 g/mol. The Balaban J connectivity index is 1.60. The van der Waals surface area contributed by atoms with Gasteiger partial charge in [-0.3, -0.25) is 14.5 Å². The van der Waals surface area contributed by atoms with Crippen molar-refractivity contribution >= 4 is 17.5 Å². The molecule has 1 aliphatic heterocycles. The highest BCUT2D eigenvalue weighted by Gasteiger charge is 2.19. The molecule has 1 heterocycles. The number of benzene rings is 2. The number of amides is 2. The molecule has 0 saturated carbocycles. The van der Waals surface area contributed by atoms with Crippen molar-refractivity contribution in [3.05, 3.63) is 59.2 Å². The lowest BCUT2D eigenvalue weighted by atomic mass is 9.99. The summed E-state index contributed by atoms with van der Waals surface area (Å²) in [6.45, 7) is 4.30. The van der Waals surface area contributed by atoms with Crippen LogP contribution in [-0.4, -0.2) is 43.5 Å². The lowest BCUT2D eigenvalue weighted by Gasteiger charge is -2.28. The predicted molar refractivity (Wildman–Crippen MR) is 105 cm³/mol. The minimum absolute atomic E-state index is 0.0885. The molecular weight excluding hydrogens is 342 g/mol. The van der Waals surface area contributed by atoms with Crippen LogP contribution in [0.3, 0.4) is 0 Å². The van der Waals surface area contributed by atoms with Crippen LogP contribution < -0.4 is 15.4 Å². The van der Waals surface area contributed by atoms with Gasteiger partial charge >= 0.3 is 0 Å². The molecule has 3 rings (SSSR count). The second-order valence-electron chi connectivity index (χ2n) is 6.58. The molecule has 0 unspecified atom stereocenters. The van der Waals surface area contributed by atoms with E-state index in [1.54, 1.807) is 31.4 Å². The van der Waals surface area contributed by atoms with Gasteiger partial charge in [-0.15, -0.1) is 0 Å². The fraction of sp³-hybridized carbons (Fsp3) is 0.333. The zero-order valence-corrected chi connectivity index (χ0v) is 15.7. The molecule has 0 aromatic heterocycles. The summed E-state index contributed by atoms with van der Waals surface area (Å²) in [5, 5.41) is 5.64. The van der Waals surface area contributed by atoms with Gasteiger partial charge in [-0.2, -0.15) is 0 Å². The minimum atomic E-state index is -0.143. The number of hydrogen-bond donors (Lipinski definition) is 2. The van der Waals surface area contributed by atoms with Gasteiger partial charge in [-0.1, -0.05) is 12.1 Å². The van der Waals surface area contributed by atoms with Gasteiger partial charge in [0.05, 0.1) is 13.7 Å². The number of ether oxygens (including phenoxy) is 1. The van der Waals surface area contributed by atoms with Crippen molar-refractivity contribution in [1.29, 1.82) is 0 Å². The number of carbonyl (C=O) groups is 2. The Kier molecular flexibility index (Phi) is 6.08. The molecule has 6 heteroatoms. The van der Waals surface area contributed by atoms with Crippen molar-refractivity contribution in [1.82, 2.24) is 10.2 Å². The summed E-state index contributed by atoms with van der Waals surface area (Å²) in [5.41, 5.74) is 3.67. The van der Waals surface area contributed by atoms with Crippen molar-refractivity contribution in [3.8, 4) is 5.75 Å². The predicted octanol–water partition coefficient (Wildman–Crippen LogP) is 2.44. The Morgan fingerprint density at radius 1 is 1.15 bits per heavy atom. The van der Waals surface area contributed by atoms with Gasteiger partial charge in [0.25, 0.3) is 5.91 Å². The second kappa shape index (κ2) is 8.68. The maximum absolute atomic E-state index is 12.4. The largest absolute Gasteiger partial charge is 0.497 e. The third-order valence-electron chi connectivity index (χ3n) is 4.62. The van der Waals surface area contributed by atoms with Crippen molar-refractivity contribution in [2.24, 2.45) is 0 Å². The average Bonchev–Trinajstić information content (AvgIpc) is 2.67. The van der Waals surface area contributed by atoms with E-state index in [2.05, 4.69) is 21.6 Å². The van der Waals surface area contributed by atoms with Crippen LogP contribution in [-0.2, 0) is 17.8 Å². The Bertz CT molecular complexity index is 835. The fourth-order valence-electron chi connectivity index (χ4n) is 3.26. The lowest BCUT2D eigenvalue weighted by Crippen LogP contribution is -2.37. The standard InChI is InChI=1S/C21H25N3O3/c1-3-22-21(26)16-5-4-6-18(11-16)23-20(25)14-24-10-9-15-7-8-19(27-2)12-17(15)13-24/h4-8,11-12H,3,9-10,13-14H2,1-2H3,(H,22,26)(H,23,25). The second-order valence-corrected chi connectivity index (χ2v) is 6.58. The number of anilines is 1. The van der Waals surface area contributed by atoms with Crippen molar-refractivity contribution in [2.45, 2.75) is 19.9 Å². The number of carbonyl (C=O) groups excluding carboxylic acids is 2. The van der Waals surface area contributed by atoms with E-state index in [1.807, 2.05) is 19.1 Å². The average molecular weight is 367 g/mol. The molecule has 0 aliphatic carbocycles. The van der Waals surface area contributed by atoms with Gasteiger partial charge in [-0.05, 0) is 54.8 Å². The van der Waals surface area contributed by atoms with E-state index in [9.17, 15) is 9.59 Å². The van der Waals surface area contributed by atoms with E-state index in [4.69, 9.17) is 4.74 Å². The third kappa shape index (κ3) is 4.86. The van der Waals surface area contributed by atoms with E-state index >= 15 is 0 Å². The van der Waals surface area contributed by atoms with Crippen molar-refractivity contribution in [3.63, 3.8) is 0 Å². The van der Waals surface area contributed by atoms with Crippen LogP contribution in [0.1, 0.15) is 28.4 Å². The van der Waals surface area contributed by atoms with Gasteiger partial charge in [0.2, 0.25) is 5.91 Å². The van der Waals surface area contributed by atoms with Gasteiger partial charge in [0.1, 0.15) is 5.75 Å². The van der Waals surface area contributed by atoms with E-state index in [0.717, 1.165) is 25.3 Å². The van der Waals surface area contributed by atoms with Gasteiger partial charge < -0.3 is 15.4 Å². The fourth-order valence-corrected chi connectivity index (χ4v) is 3.26. The molecule has 2 aromatic rings. The van der Waals surface area contributed by atoms with Gasteiger partial charge in [-0.25, -0.2) is 0 Å². The molecule has 0 fully saturated rings. The first-order valence-corrected chi connectivity index (χ1v) is 9.15. The maximum Gasteiger partial charge on any atom is 0.251 e. The Morgan fingerprint density at radius 3 is 2.78 bits per heavy atom. The summed E-state index contributed by atoms with van der Waals surface area (Å²) in [6, 6.07) is 13.1. The first-order valence-electron chi connectivity index (χ1n) is 9.15. The van der Waals surface area contributed by atoms with Crippen LogP contribution in [0, 0.1) is 0 Å². The normalized spacial score (nSPS) is 13.6. The Hall–Kier alpha value is -2.86. The summed E-state index contributed by atoms with van der Waals surface area (Å²) < 4.78 is 5.29. The van der Waals surface area contributed by atoms with E-state index in [-0.39, 0.29) is 11.8 Å². The van der Waals surface area contributed by atoms with Gasteiger partial charge in [0, 0.05) is 30.9 Å². The number of fused-ring (bicyclic) bond motifs is 1. The summed E-state index contributed by atoms with van der Waals surface area (Å²) in [5.74, 6) is 0.604. The summed E-state index contributed by atoms with van der Waals surface area (Å²) >= 11 is 0.